The molecule has 1 atom stereocenters. The van der Waals surface area contributed by atoms with Crippen LogP contribution < -0.4 is 0 Å². The van der Waals surface area contributed by atoms with Crippen molar-refractivity contribution in [2.45, 2.75) is 19.4 Å². The lowest BCUT2D eigenvalue weighted by atomic mass is 10.0. The Morgan fingerprint density at radius 1 is 1.50 bits per heavy atom. The number of halogens is 1. The molecule has 3 heteroatoms. The summed E-state index contributed by atoms with van der Waals surface area (Å²) in [5, 5.41) is 9.66. The summed E-state index contributed by atoms with van der Waals surface area (Å²) in [5.41, 5.74) is 1.29. The Balaban J connectivity index is 2.70. The van der Waals surface area contributed by atoms with E-state index >= 15 is 0 Å². The monoisotopic (exact) mass is 198 g/mol. The van der Waals surface area contributed by atoms with Crippen LogP contribution in [0.3, 0.4) is 0 Å². The number of methoxy groups -OCH3 is 1. The molecule has 0 amide bonds. The van der Waals surface area contributed by atoms with Crippen LogP contribution in [0.2, 0.25) is 0 Å². The lowest BCUT2D eigenvalue weighted by molar-refractivity contribution is 0.110. The van der Waals surface area contributed by atoms with Crippen molar-refractivity contribution >= 4 is 0 Å². The summed E-state index contributed by atoms with van der Waals surface area (Å²) < 4.78 is 17.8. The van der Waals surface area contributed by atoms with E-state index in [1.807, 2.05) is 0 Å². The van der Waals surface area contributed by atoms with E-state index in [9.17, 15) is 9.50 Å². The van der Waals surface area contributed by atoms with Crippen LogP contribution in [0.4, 0.5) is 4.39 Å². The maximum absolute atomic E-state index is 12.9. The summed E-state index contributed by atoms with van der Waals surface area (Å²) in [7, 11) is 1.59. The molecule has 0 spiro atoms. The first kappa shape index (κ1) is 11.1. The van der Waals surface area contributed by atoms with E-state index in [1.165, 1.54) is 6.07 Å². The third kappa shape index (κ3) is 2.79. The highest BCUT2D eigenvalue weighted by Crippen LogP contribution is 2.19. The zero-order chi connectivity index (χ0) is 10.6. The number of hydrogen-bond donors (Lipinski definition) is 1. The van der Waals surface area contributed by atoms with Gasteiger partial charge in [-0.25, -0.2) is 4.39 Å². The quantitative estimate of drug-likeness (QED) is 0.803. The highest BCUT2D eigenvalue weighted by atomic mass is 19.1. The van der Waals surface area contributed by atoms with Gasteiger partial charge in [0.25, 0.3) is 0 Å². The van der Waals surface area contributed by atoms with Crippen LogP contribution >= 0.6 is 0 Å². The van der Waals surface area contributed by atoms with E-state index < -0.39 is 6.10 Å². The van der Waals surface area contributed by atoms with Crippen LogP contribution in [-0.2, 0) is 4.74 Å². The Labute approximate surface area is 83.3 Å². The molecule has 1 aromatic carbocycles. The third-order valence-electron chi connectivity index (χ3n) is 2.16. The Bertz CT molecular complexity index is 299. The molecule has 0 saturated carbocycles. The highest BCUT2D eigenvalue weighted by Gasteiger charge is 2.08. The standard InChI is InChI=1S/C11H15FO2/c1-8-7-9(3-4-10(8)12)11(13)5-6-14-2/h3-4,7,11,13H,5-6H2,1-2H3. The van der Waals surface area contributed by atoms with E-state index in [2.05, 4.69) is 0 Å². The molecule has 14 heavy (non-hydrogen) atoms. The van der Waals surface area contributed by atoms with Crippen LogP contribution in [0.15, 0.2) is 18.2 Å². The van der Waals surface area contributed by atoms with Crippen LogP contribution in [0.5, 0.6) is 0 Å². The van der Waals surface area contributed by atoms with Crippen molar-refractivity contribution in [3.05, 3.63) is 35.1 Å². The minimum absolute atomic E-state index is 0.243. The van der Waals surface area contributed by atoms with Gasteiger partial charge in [-0.05, 0) is 24.1 Å². The minimum Gasteiger partial charge on any atom is -0.388 e. The van der Waals surface area contributed by atoms with Crippen molar-refractivity contribution in [2.75, 3.05) is 13.7 Å². The second-order valence-corrected chi connectivity index (χ2v) is 3.31. The molecular formula is C11H15FO2. The zero-order valence-electron chi connectivity index (χ0n) is 8.46. The molecule has 1 N–H and O–H groups in total. The van der Waals surface area contributed by atoms with Crippen LogP contribution in [-0.4, -0.2) is 18.8 Å². The average Bonchev–Trinajstić information content (AvgIpc) is 2.18. The second-order valence-electron chi connectivity index (χ2n) is 3.31. The molecule has 0 bridgehead atoms. The molecule has 0 aliphatic carbocycles. The number of benzene rings is 1. The van der Waals surface area contributed by atoms with Gasteiger partial charge in [-0.15, -0.1) is 0 Å². The topological polar surface area (TPSA) is 29.5 Å². The van der Waals surface area contributed by atoms with E-state index in [0.717, 1.165) is 5.56 Å². The predicted molar refractivity (Wildman–Crippen MR) is 52.6 cm³/mol. The highest BCUT2D eigenvalue weighted by molar-refractivity contribution is 5.25. The summed E-state index contributed by atoms with van der Waals surface area (Å²) in [5.74, 6) is -0.243. The van der Waals surface area contributed by atoms with Crippen LogP contribution in [0.1, 0.15) is 23.7 Å². The number of aliphatic hydroxyl groups is 1. The molecule has 0 fully saturated rings. The Morgan fingerprint density at radius 2 is 2.21 bits per heavy atom. The molecule has 0 heterocycles. The maximum Gasteiger partial charge on any atom is 0.126 e. The molecule has 0 saturated heterocycles. The SMILES string of the molecule is COCCC(O)c1ccc(F)c(C)c1. The number of ether oxygens (including phenoxy) is 1. The molecule has 78 valence electrons. The van der Waals surface area contributed by atoms with Gasteiger partial charge >= 0.3 is 0 Å². The van der Waals surface area contributed by atoms with Gasteiger partial charge in [0, 0.05) is 20.1 Å². The number of aryl methyl sites for hydroxylation is 1. The number of aliphatic hydroxyl groups excluding tert-OH is 1. The van der Waals surface area contributed by atoms with Crippen molar-refractivity contribution in [1.29, 1.82) is 0 Å². The summed E-state index contributed by atoms with van der Waals surface area (Å²) in [4.78, 5) is 0. The maximum atomic E-state index is 12.9. The molecular weight excluding hydrogens is 183 g/mol. The lowest BCUT2D eigenvalue weighted by Gasteiger charge is -2.11. The van der Waals surface area contributed by atoms with Crippen LogP contribution in [0, 0.1) is 12.7 Å². The minimum atomic E-state index is -0.575. The van der Waals surface area contributed by atoms with Gasteiger partial charge in [-0.3, -0.25) is 0 Å². The van der Waals surface area contributed by atoms with Gasteiger partial charge in [0.1, 0.15) is 5.82 Å². The Hall–Kier alpha value is -0.930. The summed E-state index contributed by atoms with van der Waals surface area (Å²) >= 11 is 0. The van der Waals surface area contributed by atoms with Gasteiger partial charge in [-0.2, -0.15) is 0 Å². The fourth-order valence-electron chi connectivity index (χ4n) is 1.27. The number of hydrogen-bond acceptors (Lipinski definition) is 2. The third-order valence-corrected chi connectivity index (χ3v) is 2.16. The second kappa shape index (κ2) is 5.08. The molecule has 0 aromatic heterocycles. The Morgan fingerprint density at radius 3 is 2.79 bits per heavy atom. The van der Waals surface area contributed by atoms with Gasteiger partial charge < -0.3 is 9.84 Å². The molecule has 0 aliphatic rings. The average molecular weight is 198 g/mol. The van der Waals surface area contributed by atoms with Gasteiger partial charge in [0.15, 0.2) is 0 Å². The molecule has 0 aliphatic heterocycles. The lowest BCUT2D eigenvalue weighted by Crippen LogP contribution is -2.02. The van der Waals surface area contributed by atoms with Gasteiger partial charge in [0.2, 0.25) is 0 Å². The largest absolute Gasteiger partial charge is 0.388 e. The first-order chi connectivity index (χ1) is 6.65. The first-order valence-corrected chi connectivity index (χ1v) is 4.58. The first-order valence-electron chi connectivity index (χ1n) is 4.58. The van der Waals surface area contributed by atoms with E-state index in [4.69, 9.17) is 4.74 Å². The predicted octanol–water partition coefficient (Wildman–Crippen LogP) is 2.20. The fraction of sp³-hybridized carbons (Fsp3) is 0.455. The molecule has 0 radical (unpaired) electrons. The van der Waals surface area contributed by atoms with Crippen molar-refractivity contribution in [2.24, 2.45) is 0 Å². The van der Waals surface area contributed by atoms with E-state index in [1.54, 1.807) is 26.2 Å². The normalized spacial score (nSPS) is 12.9. The zero-order valence-corrected chi connectivity index (χ0v) is 8.46. The molecule has 1 rings (SSSR count). The van der Waals surface area contributed by atoms with Crippen molar-refractivity contribution in [3.63, 3.8) is 0 Å². The van der Waals surface area contributed by atoms with E-state index in [0.29, 0.717) is 18.6 Å². The smallest absolute Gasteiger partial charge is 0.126 e. The van der Waals surface area contributed by atoms with Crippen molar-refractivity contribution < 1.29 is 14.2 Å². The summed E-state index contributed by atoms with van der Waals surface area (Å²) in [6, 6.07) is 4.64. The Kier molecular flexibility index (Phi) is 4.04. The van der Waals surface area contributed by atoms with Crippen LogP contribution in [0.25, 0.3) is 0 Å². The van der Waals surface area contributed by atoms with E-state index in [-0.39, 0.29) is 5.82 Å². The fourth-order valence-corrected chi connectivity index (χ4v) is 1.27. The molecule has 2 nitrogen and oxygen atoms in total. The van der Waals surface area contributed by atoms with Gasteiger partial charge in [-0.1, -0.05) is 12.1 Å². The number of rotatable bonds is 4. The summed E-state index contributed by atoms with van der Waals surface area (Å²) in [6.07, 6.45) is -0.0454. The van der Waals surface area contributed by atoms with Gasteiger partial charge in [0.05, 0.1) is 6.10 Å². The summed E-state index contributed by atoms with van der Waals surface area (Å²) in [6.45, 7) is 2.18. The van der Waals surface area contributed by atoms with Crippen molar-refractivity contribution in [3.8, 4) is 0 Å². The molecule has 1 aromatic rings. The molecule has 1 unspecified atom stereocenters. The van der Waals surface area contributed by atoms with Crippen molar-refractivity contribution in [1.82, 2.24) is 0 Å².